The van der Waals surface area contributed by atoms with Gasteiger partial charge in [0.25, 0.3) is 0 Å². The third-order valence-corrected chi connectivity index (χ3v) is 9.43. The molecule has 10 nitrogen and oxygen atoms in total. The maximum atomic E-state index is 13.4. The van der Waals surface area contributed by atoms with E-state index < -0.39 is 6.10 Å². The van der Waals surface area contributed by atoms with E-state index in [4.69, 9.17) is 0 Å². The Hall–Kier alpha value is -3.76. The Labute approximate surface area is 240 Å². The zero-order valence-electron chi connectivity index (χ0n) is 23.5. The predicted octanol–water partition coefficient (Wildman–Crippen LogP) is 3.17. The maximum absolute atomic E-state index is 13.4. The van der Waals surface area contributed by atoms with Crippen molar-refractivity contribution in [3.05, 3.63) is 55.0 Å². The third-order valence-electron chi connectivity index (χ3n) is 9.43. The molecule has 8 bridgehead atoms. The van der Waals surface area contributed by atoms with Gasteiger partial charge in [-0.3, -0.25) is 9.69 Å². The Balaban J connectivity index is 1.19. The summed E-state index contributed by atoms with van der Waals surface area (Å²) in [4.78, 5) is 34.2. The van der Waals surface area contributed by atoms with Crippen LogP contribution in [0, 0.1) is 0 Å². The number of rotatable bonds is 0. The van der Waals surface area contributed by atoms with Gasteiger partial charge >= 0.3 is 0 Å². The molecule has 0 radical (unpaired) electrons. The molecule has 2 unspecified atom stereocenters. The Morgan fingerprint density at radius 3 is 2.56 bits per heavy atom. The van der Waals surface area contributed by atoms with Crippen molar-refractivity contribution in [2.75, 3.05) is 48.3 Å². The van der Waals surface area contributed by atoms with Gasteiger partial charge in [0.1, 0.15) is 11.4 Å². The fourth-order valence-corrected chi connectivity index (χ4v) is 6.87. The van der Waals surface area contributed by atoms with Crippen LogP contribution in [0.3, 0.4) is 0 Å². The van der Waals surface area contributed by atoms with Gasteiger partial charge in [-0.1, -0.05) is 6.07 Å². The second kappa shape index (κ2) is 10.6. The number of piperidine rings is 1. The number of aliphatic hydroxyl groups is 1. The number of carbonyl (C=O) groups is 1. The second-order valence-electron chi connectivity index (χ2n) is 12.0. The van der Waals surface area contributed by atoms with E-state index in [9.17, 15) is 9.90 Å². The van der Waals surface area contributed by atoms with Gasteiger partial charge in [-0.25, -0.2) is 15.0 Å². The molecule has 3 aromatic rings. The molecule has 214 valence electrons. The number of carbonyl (C=O) groups excluding carboxylic acids is 1. The van der Waals surface area contributed by atoms with Crippen LogP contribution in [-0.2, 0) is 4.79 Å². The summed E-state index contributed by atoms with van der Waals surface area (Å²) < 4.78 is 0. The van der Waals surface area contributed by atoms with E-state index in [0.29, 0.717) is 31.5 Å². The molecule has 6 aliphatic heterocycles. The monoisotopic (exact) mass is 554 g/mol. The predicted molar refractivity (Wildman–Crippen MR) is 159 cm³/mol. The van der Waals surface area contributed by atoms with Crippen LogP contribution in [0.1, 0.15) is 38.5 Å². The molecule has 1 amide bonds. The topological polar surface area (TPSA) is 110 Å². The lowest BCUT2D eigenvalue weighted by Gasteiger charge is -2.41. The molecule has 3 fully saturated rings. The van der Waals surface area contributed by atoms with Crippen molar-refractivity contribution in [1.29, 1.82) is 0 Å². The van der Waals surface area contributed by atoms with Gasteiger partial charge in [0, 0.05) is 80.8 Å². The fourth-order valence-electron chi connectivity index (χ4n) is 6.87. The first-order valence-corrected chi connectivity index (χ1v) is 14.8. The molecule has 1 aromatic carbocycles. The van der Waals surface area contributed by atoms with Crippen molar-refractivity contribution in [3.8, 4) is 11.1 Å². The summed E-state index contributed by atoms with van der Waals surface area (Å²) in [5.41, 5.74) is 3.67. The number of benzene rings is 1. The molecule has 3 N–H and O–H groups in total. The van der Waals surface area contributed by atoms with Crippen molar-refractivity contribution in [2.24, 2.45) is 0 Å². The van der Waals surface area contributed by atoms with Gasteiger partial charge in [0.15, 0.2) is 0 Å². The average molecular weight is 555 g/mol. The van der Waals surface area contributed by atoms with E-state index in [1.807, 2.05) is 24.5 Å². The lowest BCUT2D eigenvalue weighted by Crippen LogP contribution is -2.54. The number of nitrogens with one attached hydrogen (secondary N) is 2. The summed E-state index contributed by atoms with van der Waals surface area (Å²) in [5.74, 6) is 1.52. The van der Waals surface area contributed by atoms with Crippen LogP contribution >= 0.6 is 0 Å². The van der Waals surface area contributed by atoms with Crippen LogP contribution in [-0.4, -0.2) is 87.8 Å². The highest BCUT2D eigenvalue weighted by atomic mass is 16.3. The molecule has 1 aliphatic carbocycles. The number of amides is 1. The standard InChI is InChI=1S/C31H38N8O2/c1-37-24-7-13-38(14-8-24)31(9-10-31)29(41)33-12-6-26-17-27(40)20-39(26)30-34-18-22(19-35-30)21-5-11-32-28(15-21)36-23-3-2-4-25(37)16-23/h2-5,11,15-16,18-19,24,26-27,40H,6-10,12-14,17,20H2,1H3,(H,32,36)(H,33,41). The van der Waals surface area contributed by atoms with Crippen LogP contribution in [0.4, 0.5) is 23.1 Å². The van der Waals surface area contributed by atoms with Gasteiger partial charge in [-0.15, -0.1) is 0 Å². The van der Waals surface area contributed by atoms with Crippen LogP contribution < -0.4 is 20.4 Å². The lowest BCUT2D eigenvalue weighted by molar-refractivity contribution is -0.128. The Morgan fingerprint density at radius 2 is 1.78 bits per heavy atom. The van der Waals surface area contributed by atoms with Crippen LogP contribution in [0.25, 0.3) is 11.1 Å². The zero-order valence-corrected chi connectivity index (χ0v) is 23.5. The SMILES string of the molecule is CN1c2cccc(c2)Nc2cc(ccn2)-c2cnc(nc2)N2CC(O)CC2CCNC(=O)C2(CC2)N2CCC1CC2. The number of nitrogens with zero attached hydrogens (tertiary/aromatic N) is 6. The van der Waals surface area contributed by atoms with Gasteiger partial charge in [-0.05, 0) is 74.4 Å². The highest BCUT2D eigenvalue weighted by Gasteiger charge is 2.55. The van der Waals surface area contributed by atoms with E-state index >= 15 is 0 Å². The number of anilines is 4. The number of hydrogen-bond donors (Lipinski definition) is 3. The summed E-state index contributed by atoms with van der Waals surface area (Å²) in [6.07, 6.45) is 10.3. The Kier molecular flexibility index (Phi) is 6.75. The first kappa shape index (κ1) is 26.2. The van der Waals surface area contributed by atoms with Gasteiger partial charge in [-0.2, -0.15) is 0 Å². The lowest BCUT2D eigenvalue weighted by atomic mass is 10.00. The second-order valence-corrected chi connectivity index (χ2v) is 12.0. The molecule has 41 heavy (non-hydrogen) atoms. The van der Waals surface area contributed by atoms with E-state index in [-0.39, 0.29) is 17.5 Å². The van der Waals surface area contributed by atoms with E-state index in [1.165, 1.54) is 0 Å². The smallest absolute Gasteiger partial charge is 0.240 e. The molecule has 2 aromatic heterocycles. The molecule has 8 heterocycles. The first-order valence-electron chi connectivity index (χ1n) is 14.8. The molecule has 10 heteroatoms. The normalized spacial score (nSPS) is 27.3. The van der Waals surface area contributed by atoms with Crippen molar-refractivity contribution >= 4 is 29.0 Å². The number of aromatic nitrogens is 3. The largest absolute Gasteiger partial charge is 0.391 e. The molecular weight excluding hydrogens is 516 g/mol. The van der Waals surface area contributed by atoms with Crippen molar-refractivity contribution in [3.63, 3.8) is 0 Å². The van der Waals surface area contributed by atoms with Gasteiger partial charge in [0.05, 0.1) is 6.10 Å². The van der Waals surface area contributed by atoms with Crippen LogP contribution in [0.15, 0.2) is 55.0 Å². The van der Waals surface area contributed by atoms with Crippen molar-refractivity contribution in [2.45, 2.75) is 62.3 Å². The van der Waals surface area contributed by atoms with Crippen LogP contribution in [0.5, 0.6) is 0 Å². The average Bonchev–Trinajstić information content (AvgIpc) is 3.73. The third kappa shape index (κ3) is 5.10. The summed E-state index contributed by atoms with van der Waals surface area (Å²) in [5, 5.41) is 17.2. The zero-order chi connectivity index (χ0) is 28.0. The quantitative estimate of drug-likeness (QED) is 0.386. The number of aliphatic hydroxyl groups excluding tert-OH is 1. The summed E-state index contributed by atoms with van der Waals surface area (Å²) in [7, 11) is 2.17. The minimum Gasteiger partial charge on any atom is -0.391 e. The number of hydrogen-bond acceptors (Lipinski definition) is 9. The van der Waals surface area contributed by atoms with Crippen molar-refractivity contribution < 1.29 is 9.90 Å². The van der Waals surface area contributed by atoms with Gasteiger partial charge < -0.3 is 25.5 Å². The highest BCUT2D eigenvalue weighted by molar-refractivity contribution is 5.89. The van der Waals surface area contributed by atoms with E-state index in [2.05, 4.69) is 71.6 Å². The molecule has 2 saturated heterocycles. The van der Waals surface area contributed by atoms with Crippen LogP contribution in [0.2, 0.25) is 0 Å². The highest BCUT2D eigenvalue weighted by Crippen LogP contribution is 2.44. The maximum Gasteiger partial charge on any atom is 0.240 e. The molecule has 1 saturated carbocycles. The summed E-state index contributed by atoms with van der Waals surface area (Å²) in [6, 6.07) is 12.9. The molecule has 1 spiro atoms. The first-order chi connectivity index (χ1) is 20.0. The summed E-state index contributed by atoms with van der Waals surface area (Å²) in [6.45, 7) is 2.92. The van der Waals surface area contributed by atoms with E-state index in [1.54, 1.807) is 6.20 Å². The molecular formula is C31H38N8O2. The Morgan fingerprint density at radius 1 is 0.976 bits per heavy atom. The fraction of sp³-hybridized carbons (Fsp3) is 0.484. The minimum absolute atomic E-state index is 0.0749. The van der Waals surface area contributed by atoms with Crippen molar-refractivity contribution in [1.82, 2.24) is 25.2 Å². The number of pyridine rings is 1. The molecule has 10 rings (SSSR count). The van der Waals surface area contributed by atoms with Gasteiger partial charge in [0.2, 0.25) is 11.9 Å². The Bertz CT molecular complexity index is 1400. The van der Waals surface area contributed by atoms with E-state index in [0.717, 1.165) is 73.5 Å². The summed E-state index contributed by atoms with van der Waals surface area (Å²) >= 11 is 0. The molecule has 2 atom stereocenters. The molecule has 7 aliphatic rings. The minimum atomic E-state index is -0.431.